The standard InChI is InChI=1S/C10H14ClN3O3/c1-6(2)14-10(16)9(11)7(4-13-14)12-5-8(15)17-3/h4,6,12H,5H2,1-3H3. The normalized spacial score (nSPS) is 10.4. The third-order valence-electron chi connectivity index (χ3n) is 2.08. The molecule has 6 nitrogen and oxygen atoms in total. The maximum atomic E-state index is 11.8. The molecule has 0 aliphatic heterocycles. The van der Waals surface area contributed by atoms with Gasteiger partial charge in [0.1, 0.15) is 11.6 Å². The van der Waals surface area contributed by atoms with Crippen LogP contribution in [0.1, 0.15) is 19.9 Å². The molecule has 0 amide bonds. The summed E-state index contributed by atoms with van der Waals surface area (Å²) in [5.74, 6) is -0.450. The van der Waals surface area contributed by atoms with Gasteiger partial charge in [-0.15, -0.1) is 0 Å². The fourth-order valence-corrected chi connectivity index (χ4v) is 1.38. The molecule has 94 valence electrons. The van der Waals surface area contributed by atoms with Crippen LogP contribution in [0.3, 0.4) is 0 Å². The lowest BCUT2D eigenvalue weighted by Gasteiger charge is -2.11. The Kier molecular flexibility index (Phi) is 4.51. The van der Waals surface area contributed by atoms with E-state index in [0.29, 0.717) is 5.69 Å². The van der Waals surface area contributed by atoms with Gasteiger partial charge in [0.15, 0.2) is 0 Å². The quantitative estimate of drug-likeness (QED) is 0.819. The van der Waals surface area contributed by atoms with Gasteiger partial charge in [0.2, 0.25) is 0 Å². The smallest absolute Gasteiger partial charge is 0.325 e. The second kappa shape index (κ2) is 5.67. The molecule has 0 fully saturated rings. The lowest BCUT2D eigenvalue weighted by molar-refractivity contribution is -0.138. The Hall–Kier alpha value is -1.56. The zero-order valence-corrected chi connectivity index (χ0v) is 10.6. The maximum Gasteiger partial charge on any atom is 0.325 e. The first-order valence-corrected chi connectivity index (χ1v) is 5.43. The molecular formula is C10H14ClN3O3. The van der Waals surface area contributed by atoms with Gasteiger partial charge in [0.05, 0.1) is 25.0 Å². The number of carbonyl (C=O) groups excluding carboxylic acids is 1. The summed E-state index contributed by atoms with van der Waals surface area (Å²) in [6.45, 7) is 3.58. The molecule has 0 radical (unpaired) electrons. The van der Waals surface area contributed by atoms with Crippen molar-refractivity contribution in [3.63, 3.8) is 0 Å². The van der Waals surface area contributed by atoms with E-state index in [-0.39, 0.29) is 17.6 Å². The summed E-state index contributed by atoms with van der Waals surface area (Å²) in [4.78, 5) is 22.7. The molecule has 0 saturated heterocycles. The van der Waals surface area contributed by atoms with Gasteiger partial charge >= 0.3 is 5.97 Å². The molecular weight excluding hydrogens is 246 g/mol. The number of anilines is 1. The summed E-state index contributed by atoms with van der Waals surface area (Å²) in [5.41, 5.74) is -0.0736. The number of aromatic nitrogens is 2. The Bertz CT molecular complexity index is 470. The van der Waals surface area contributed by atoms with Crippen molar-refractivity contribution in [3.8, 4) is 0 Å². The third-order valence-corrected chi connectivity index (χ3v) is 2.45. The maximum absolute atomic E-state index is 11.8. The lowest BCUT2D eigenvalue weighted by atomic mass is 10.4. The van der Waals surface area contributed by atoms with E-state index in [4.69, 9.17) is 11.6 Å². The van der Waals surface area contributed by atoms with Gasteiger partial charge in [-0.2, -0.15) is 5.10 Å². The Morgan fingerprint density at radius 3 is 2.82 bits per heavy atom. The molecule has 0 bridgehead atoms. The molecule has 1 aromatic rings. The van der Waals surface area contributed by atoms with E-state index >= 15 is 0 Å². The minimum Gasteiger partial charge on any atom is -0.468 e. The molecule has 1 N–H and O–H groups in total. The topological polar surface area (TPSA) is 73.2 Å². The molecule has 0 atom stereocenters. The summed E-state index contributed by atoms with van der Waals surface area (Å²) in [6, 6.07) is -0.0744. The number of hydrogen-bond acceptors (Lipinski definition) is 5. The van der Waals surface area contributed by atoms with Crippen LogP contribution in [0.5, 0.6) is 0 Å². The molecule has 1 heterocycles. The first kappa shape index (κ1) is 13.5. The van der Waals surface area contributed by atoms with Crippen molar-refractivity contribution in [2.45, 2.75) is 19.9 Å². The molecule has 0 unspecified atom stereocenters. The molecule has 0 aliphatic carbocycles. The van der Waals surface area contributed by atoms with Crippen molar-refractivity contribution in [1.29, 1.82) is 0 Å². The highest BCUT2D eigenvalue weighted by Gasteiger charge is 2.11. The average Bonchev–Trinajstić information content (AvgIpc) is 2.30. The summed E-state index contributed by atoms with van der Waals surface area (Å²) < 4.78 is 5.73. The Morgan fingerprint density at radius 2 is 2.29 bits per heavy atom. The van der Waals surface area contributed by atoms with Crippen molar-refractivity contribution in [2.24, 2.45) is 0 Å². The molecule has 0 aromatic carbocycles. The van der Waals surface area contributed by atoms with Crippen LogP contribution in [0.4, 0.5) is 5.69 Å². The van der Waals surface area contributed by atoms with Crippen molar-refractivity contribution in [3.05, 3.63) is 21.6 Å². The van der Waals surface area contributed by atoms with Crippen LogP contribution in [0, 0.1) is 0 Å². The number of nitrogens with one attached hydrogen (secondary N) is 1. The Morgan fingerprint density at radius 1 is 1.65 bits per heavy atom. The second-order valence-corrected chi connectivity index (χ2v) is 4.02. The SMILES string of the molecule is COC(=O)CNc1cnn(C(C)C)c(=O)c1Cl. The first-order valence-electron chi connectivity index (χ1n) is 5.05. The highest BCUT2D eigenvalue weighted by molar-refractivity contribution is 6.33. The van der Waals surface area contributed by atoms with E-state index in [1.807, 2.05) is 13.8 Å². The zero-order valence-electron chi connectivity index (χ0n) is 9.86. The van der Waals surface area contributed by atoms with E-state index in [2.05, 4.69) is 15.2 Å². The van der Waals surface area contributed by atoms with Crippen LogP contribution < -0.4 is 10.9 Å². The first-order chi connectivity index (χ1) is 7.97. The van der Waals surface area contributed by atoms with Gasteiger partial charge in [0, 0.05) is 0 Å². The summed E-state index contributed by atoms with van der Waals surface area (Å²) in [7, 11) is 1.28. The van der Waals surface area contributed by atoms with Gasteiger partial charge in [-0.3, -0.25) is 9.59 Å². The highest BCUT2D eigenvalue weighted by Crippen LogP contribution is 2.15. The fraction of sp³-hybridized carbons (Fsp3) is 0.500. The number of rotatable bonds is 4. The lowest BCUT2D eigenvalue weighted by Crippen LogP contribution is -2.26. The van der Waals surface area contributed by atoms with Gasteiger partial charge in [-0.05, 0) is 13.8 Å². The van der Waals surface area contributed by atoms with Crippen LogP contribution in [0.25, 0.3) is 0 Å². The molecule has 1 rings (SSSR count). The summed E-state index contributed by atoms with van der Waals surface area (Å²) in [5, 5.41) is 6.65. The van der Waals surface area contributed by atoms with Crippen molar-refractivity contribution in [1.82, 2.24) is 9.78 Å². The predicted octanol–water partition coefficient (Wildman–Crippen LogP) is 1.06. The molecule has 1 aromatic heterocycles. The number of halogens is 1. The van der Waals surface area contributed by atoms with Crippen LogP contribution in [0.2, 0.25) is 5.02 Å². The van der Waals surface area contributed by atoms with E-state index < -0.39 is 11.5 Å². The van der Waals surface area contributed by atoms with Crippen LogP contribution in [0.15, 0.2) is 11.0 Å². The minimum absolute atomic E-state index is 0.0117. The van der Waals surface area contributed by atoms with Gasteiger partial charge in [-0.25, -0.2) is 4.68 Å². The zero-order chi connectivity index (χ0) is 13.0. The van der Waals surface area contributed by atoms with Gasteiger partial charge in [0.25, 0.3) is 5.56 Å². The average molecular weight is 260 g/mol. The number of carbonyl (C=O) groups is 1. The second-order valence-electron chi connectivity index (χ2n) is 3.65. The van der Waals surface area contributed by atoms with E-state index in [9.17, 15) is 9.59 Å². The number of esters is 1. The van der Waals surface area contributed by atoms with E-state index in [0.717, 1.165) is 0 Å². The van der Waals surface area contributed by atoms with Crippen molar-refractivity contribution < 1.29 is 9.53 Å². The van der Waals surface area contributed by atoms with Crippen molar-refractivity contribution in [2.75, 3.05) is 19.0 Å². The predicted molar refractivity (Wildman–Crippen MR) is 64.4 cm³/mol. The molecule has 7 heteroatoms. The summed E-state index contributed by atoms with van der Waals surface area (Å²) >= 11 is 5.88. The number of methoxy groups -OCH3 is 1. The Labute approximate surface area is 104 Å². The van der Waals surface area contributed by atoms with Crippen LogP contribution in [-0.2, 0) is 9.53 Å². The van der Waals surface area contributed by atoms with E-state index in [1.165, 1.54) is 18.0 Å². The molecule has 0 spiro atoms. The molecule has 0 saturated carbocycles. The fourth-order valence-electron chi connectivity index (χ4n) is 1.18. The Balaban J connectivity index is 2.93. The highest BCUT2D eigenvalue weighted by atomic mass is 35.5. The van der Waals surface area contributed by atoms with Crippen molar-refractivity contribution >= 4 is 23.3 Å². The molecule has 17 heavy (non-hydrogen) atoms. The van der Waals surface area contributed by atoms with Gasteiger partial charge in [-0.1, -0.05) is 11.6 Å². The van der Waals surface area contributed by atoms with Crippen LogP contribution in [-0.4, -0.2) is 29.4 Å². The van der Waals surface area contributed by atoms with E-state index in [1.54, 1.807) is 0 Å². The van der Waals surface area contributed by atoms with Crippen LogP contribution >= 0.6 is 11.6 Å². The largest absolute Gasteiger partial charge is 0.468 e. The summed E-state index contributed by atoms with van der Waals surface area (Å²) in [6.07, 6.45) is 1.41. The monoisotopic (exact) mass is 259 g/mol. The minimum atomic E-state index is -0.450. The molecule has 0 aliphatic rings. The number of nitrogens with zero attached hydrogens (tertiary/aromatic N) is 2. The number of hydrogen-bond donors (Lipinski definition) is 1. The number of ether oxygens (including phenoxy) is 1. The van der Waals surface area contributed by atoms with Gasteiger partial charge < -0.3 is 10.1 Å². The third kappa shape index (κ3) is 3.20.